The first-order valence-corrected chi connectivity index (χ1v) is 5.63. The highest BCUT2D eigenvalue weighted by atomic mass is 16.4. The molecule has 17 heavy (non-hydrogen) atoms. The van der Waals surface area contributed by atoms with Crippen molar-refractivity contribution in [2.24, 2.45) is 0 Å². The maximum atomic E-state index is 11.1. The molecule has 2 aromatic rings. The minimum Gasteiger partial charge on any atom is -0.476 e. The number of anilines is 1. The summed E-state index contributed by atoms with van der Waals surface area (Å²) in [5, 5.41) is 16.6. The summed E-state index contributed by atoms with van der Waals surface area (Å²) in [6, 6.07) is 3.93. The second-order valence-electron chi connectivity index (χ2n) is 4.39. The molecule has 0 saturated carbocycles. The fraction of sp³-hybridized carbons (Fsp3) is 0.333. The summed E-state index contributed by atoms with van der Waals surface area (Å²) in [6.45, 7) is 1.01. The summed E-state index contributed by atoms with van der Waals surface area (Å²) in [4.78, 5) is 13.3. The number of benzene rings is 1. The molecule has 88 valence electrons. The number of carboxylic acid groups (broad SMARTS) is 1. The lowest BCUT2D eigenvalue weighted by molar-refractivity contribution is 0.0692. The SMILES string of the molecule is CN1CCCc2c1ccc1[nH]nc(C(=O)O)c21. The molecule has 0 aliphatic carbocycles. The van der Waals surface area contributed by atoms with E-state index in [-0.39, 0.29) is 5.69 Å². The molecule has 2 heterocycles. The van der Waals surface area contributed by atoms with Gasteiger partial charge in [0.1, 0.15) is 0 Å². The number of hydrogen-bond acceptors (Lipinski definition) is 3. The highest BCUT2D eigenvalue weighted by Crippen LogP contribution is 2.33. The van der Waals surface area contributed by atoms with Crippen molar-refractivity contribution in [2.45, 2.75) is 12.8 Å². The molecule has 0 atom stereocenters. The molecule has 0 saturated heterocycles. The van der Waals surface area contributed by atoms with Crippen molar-refractivity contribution < 1.29 is 9.90 Å². The van der Waals surface area contributed by atoms with E-state index >= 15 is 0 Å². The zero-order chi connectivity index (χ0) is 12.0. The molecule has 0 fully saturated rings. The van der Waals surface area contributed by atoms with Gasteiger partial charge in [-0.15, -0.1) is 0 Å². The Bertz CT molecular complexity index is 603. The summed E-state index contributed by atoms with van der Waals surface area (Å²) >= 11 is 0. The zero-order valence-corrected chi connectivity index (χ0v) is 9.53. The van der Waals surface area contributed by atoms with Crippen molar-refractivity contribution in [2.75, 3.05) is 18.5 Å². The number of rotatable bonds is 1. The van der Waals surface area contributed by atoms with Gasteiger partial charge >= 0.3 is 5.97 Å². The van der Waals surface area contributed by atoms with Crippen LogP contribution in [-0.2, 0) is 6.42 Å². The van der Waals surface area contributed by atoms with E-state index in [0.29, 0.717) is 0 Å². The van der Waals surface area contributed by atoms with Crippen LogP contribution in [0.3, 0.4) is 0 Å². The van der Waals surface area contributed by atoms with Gasteiger partial charge in [-0.25, -0.2) is 4.79 Å². The summed E-state index contributed by atoms with van der Waals surface area (Å²) in [5.74, 6) is -0.974. The average molecular weight is 231 g/mol. The predicted molar refractivity (Wildman–Crippen MR) is 64.6 cm³/mol. The molecule has 1 aliphatic rings. The first kappa shape index (κ1) is 10.1. The van der Waals surface area contributed by atoms with Gasteiger partial charge in [-0.3, -0.25) is 5.10 Å². The number of aromatic nitrogens is 2. The number of aromatic carboxylic acids is 1. The van der Waals surface area contributed by atoms with Gasteiger partial charge in [0.05, 0.1) is 5.52 Å². The zero-order valence-electron chi connectivity index (χ0n) is 9.53. The summed E-state index contributed by atoms with van der Waals surface area (Å²) < 4.78 is 0. The van der Waals surface area contributed by atoms with Crippen LogP contribution in [0.4, 0.5) is 5.69 Å². The van der Waals surface area contributed by atoms with Gasteiger partial charge in [0.2, 0.25) is 0 Å². The first-order chi connectivity index (χ1) is 8.18. The fourth-order valence-corrected chi connectivity index (χ4v) is 2.55. The Kier molecular flexibility index (Phi) is 2.07. The van der Waals surface area contributed by atoms with E-state index in [4.69, 9.17) is 5.11 Å². The third kappa shape index (κ3) is 1.39. The van der Waals surface area contributed by atoms with Gasteiger partial charge in [0, 0.05) is 24.7 Å². The van der Waals surface area contributed by atoms with Crippen molar-refractivity contribution in [1.82, 2.24) is 10.2 Å². The molecule has 0 radical (unpaired) electrons. The normalized spacial score (nSPS) is 15.0. The third-order valence-electron chi connectivity index (χ3n) is 3.35. The first-order valence-electron chi connectivity index (χ1n) is 5.63. The number of nitrogens with zero attached hydrogens (tertiary/aromatic N) is 2. The third-order valence-corrected chi connectivity index (χ3v) is 3.35. The number of hydrogen-bond donors (Lipinski definition) is 2. The van der Waals surface area contributed by atoms with Gasteiger partial charge < -0.3 is 10.0 Å². The maximum absolute atomic E-state index is 11.1. The van der Waals surface area contributed by atoms with Crippen LogP contribution in [-0.4, -0.2) is 34.9 Å². The number of fused-ring (bicyclic) bond motifs is 3. The molecular weight excluding hydrogens is 218 g/mol. The molecule has 3 rings (SSSR count). The van der Waals surface area contributed by atoms with E-state index in [1.165, 1.54) is 0 Å². The Morgan fingerprint density at radius 2 is 2.35 bits per heavy atom. The van der Waals surface area contributed by atoms with E-state index in [9.17, 15) is 4.79 Å². The molecular formula is C12H13N3O2. The van der Waals surface area contributed by atoms with Crippen LogP contribution in [0.25, 0.3) is 10.9 Å². The number of H-pyrrole nitrogens is 1. The lowest BCUT2D eigenvalue weighted by Gasteiger charge is -2.27. The monoisotopic (exact) mass is 231 g/mol. The van der Waals surface area contributed by atoms with Crippen LogP contribution in [0.1, 0.15) is 22.5 Å². The Morgan fingerprint density at radius 3 is 3.12 bits per heavy atom. The van der Waals surface area contributed by atoms with E-state index in [1.54, 1.807) is 0 Å². The molecule has 0 unspecified atom stereocenters. The van der Waals surface area contributed by atoms with Crippen molar-refractivity contribution >= 4 is 22.6 Å². The molecule has 0 spiro atoms. The summed E-state index contributed by atoms with van der Waals surface area (Å²) in [7, 11) is 2.03. The quantitative estimate of drug-likeness (QED) is 0.782. The topological polar surface area (TPSA) is 69.2 Å². The standard InChI is InChI=1S/C12H13N3O2/c1-15-6-2-3-7-9(15)5-4-8-10(7)11(12(16)17)14-13-8/h4-5H,2-3,6H2,1H3,(H,13,14)(H,16,17). The van der Waals surface area contributed by atoms with Crippen LogP contribution < -0.4 is 4.90 Å². The molecule has 5 heteroatoms. The second kappa shape index (κ2) is 3.48. The molecule has 5 nitrogen and oxygen atoms in total. The lowest BCUT2D eigenvalue weighted by atomic mass is 9.97. The number of aryl methyl sites for hydroxylation is 1. The van der Waals surface area contributed by atoms with Gasteiger partial charge in [0.25, 0.3) is 0 Å². The number of nitrogens with one attached hydrogen (secondary N) is 1. The number of carbonyl (C=O) groups is 1. The Balaban J connectivity index is 2.35. The van der Waals surface area contributed by atoms with Crippen molar-refractivity contribution in [3.8, 4) is 0 Å². The van der Waals surface area contributed by atoms with Crippen molar-refractivity contribution in [3.05, 3.63) is 23.4 Å². The summed E-state index contributed by atoms with van der Waals surface area (Å²) in [6.07, 6.45) is 1.96. The molecule has 0 bridgehead atoms. The molecule has 1 aliphatic heterocycles. The summed E-state index contributed by atoms with van der Waals surface area (Å²) in [5.41, 5.74) is 3.15. The average Bonchev–Trinajstić information content (AvgIpc) is 2.73. The van der Waals surface area contributed by atoms with Crippen LogP contribution in [0.15, 0.2) is 12.1 Å². The minimum atomic E-state index is -0.974. The smallest absolute Gasteiger partial charge is 0.357 e. The van der Waals surface area contributed by atoms with E-state index < -0.39 is 5.97 Å². The highest BCUT2D eigenvalue weighted by Gasteiger charge is 2.22. The molecule has 1 aromatic heterocycles. The van der Waals surface area contributed by atoms with Crippen LogP contribution in [0, 0.1) is 0 Å². The Hall–Kier alpha value is -2.04. The van der Waals surface area contributed by atoms with Crippen molar-refractivity contribution in [1.29, 1.82) is 0 Å². The lowest BCUT2D eigenvalue weighted by Crippen LogP contribution is -2.24. The van der Waals surface area contributed by atoms with Gasteiger partial charge in [0.15, 0.2) is 5.69 Å². The molecule has 0 amide bonds. The minimum absolute atomic E-state index is 0.132. The molecule has 1 aromatic carbocycles. The van der Waals surface area contributed by atoms with E-state index in [2.05, 4.69) is 15.1 Å². The Labute approximate surface area is 98.0 Å². The molecule has 2 N–H and O–H groups in total. The predicted octanol–water partition coefficient (Wildman–Crippen LogP) is 1.64. The van der Waals surface area contributed by atoms with Gasteiger partial charge in [-0.2, -0.15) is 5.10 Å². The fourth-order valence-electron chi connectivity index (χ4n) is 2.55. The largest absolute Gasteiger partial charge is 0.476 e. The highest BCUT2D eigenvalue weighted by molar-refractivity contribution is 6.04. The van der Waals surface area contributed by atoms with Crippen LogP contribution in [0.2, 0.25) is 0 Å². The van der Waals surface area contributed by atoms with Crippen molar-refractivity contribution in [3.63, 3.8) is 0 Å². The van der Waals surface area contributed by atoms with E-state index in [1.807, 2.05) is 19.2 Å². The van der Waals surface area contributed by atoms with Crippen LogP contribution in [0.5, 0.6) is 0 Å². The van der Waals surface area contributed by atoms with Gasteiger partial charge in [-0.1, -0.05) is 0 Å². The second-order valence-corrected chi connectivity index (χ2v) is 4.39. The number of aromatic amines is 1. The van der Waals surface area contributed by atoms with Crippen LogP contribution >= 0.6 is 0 Å². The van der Waals surface area contributed by atoms with E-state index in [0.717, 1.165) is 41.5 Å². The maximum Gasteiger partial charge on any atom is 0.357 e. The number of carboxylic acids is 1. The Morgan fingerprint density at radius 1 is 1.53 bits per heavy atom. The van der Waals surface area contributed by atoms with Gasteiger partial charge in [-0.05, 0) is 30.5 Å².